The van der Waals surface area contributed by atoms with Gasteiger partial charge in [-0.25, -0.2) is 0 Å². The zero-order valence-corrected chi connectivity index (χ0v) is 9.20. The van der Waals surface area contributed by atoms with Crippen molar-refractivity contribution in [2.24, 2.45) is 4.99 Å². The molecule has 0 fully saturated rings. The van der Waals surface area contributed by atoms with Crippen LogP contribution in [0.4, 0.5) is 0 Å². The zero-order valence-electron chi connectivity index (χ0n) is 9.20. The fourth-order valence-electron chi connectivity index (χ4n) is 1.17. The van der Waals surface area contributed by atoms with Gasteiger partial charge < -0.3 is 4.90 Å². The molecule has 0 spiro atoms. The molecule has 0 saturated heterocycles. The molecule has 0 atom stereocenters. The molecule has 0 aliphatic carbocycles. The first-order chi connectivity index (χ1) is 6.75. The van der Waals surface area contributed by atoms with E-state index in [4.69, 9.17) is 0 Å². The summed E-state index contributed by atoms with van der Waals surface area (Å²) in [4.78, 5) is 6.21. The zero-order chi connectivity index (χ0) is 11.0. The highest BCUT2D eigenvalue weighted by Crippen LogP contribution is 2.02. The molecule has 1 rings (SSSR count). The topological polar surface area (TPSA) is 15.6 Å². The summed E-state index contributed by atoms with van der Waals surface area (Å²) in [7, 11) is 5.80. The Hall–Kier alpha value is -1.57. The van der Waals surface area contributed by atoms with Crippen molar-refractivity contribution in [3.63, 3.8) is 0 Å². The second kappa shape index (κ2) is 6.89. The lowest BCUT2D eigenvalue weighted by Gasteiger charge is -2.14. The van der Waals surface area contributed by atoms with Gasteiger partial charge in [-0.2, -0.15) is 0 Å². The van der Waals surface area contributed by atoms with Crippen molar-refractivity contribution in [3.05, 3.63) is 49.1 Å². The molecule has 2 nitrogen and oxygen atoms in total. The molecule has 0 unspecified atom stereocenters. The Kier molecular flexibility index (Phi) is 6.12. The summed E-state index contributed by atoms with van der Waals surface area (Å²) in [6.45, 7) is 6.00. The summed E-state index contributed by atoms with van der Waals surface area (Å²) < 4.78 is 0. The standard InChI is InChI=1S/C10H14N2.C2H4/c1-11-10(12(2)3)9-7-5-4-6-8-9;1-2/h4-8H,1-3H3;1-2H2. The van der Waals surface area contributed by atoms with Gasteiger partial charge in [-0.15, -0.1) is 13.2 Å². The highest BCUT2D eigenvalue weighted by molar-refractivity contribution is 5.98. The molecule has 1 aromatic rings. The smallest absolute Gasteiger partial charge is 0.130 e. The number of amidine groups is 1. The minimum Gasteiger partial charge on any atom is -0.363 e. The van der Waals surface area contributed by atoms with E-state index in [1.54, 1.807) is 0 Å². The van der Waals surface area contributed by atoms with Crippen LogP contribution in [0.15, 0.2) is 48.5 Å². The molecular formula is C12H18N2. The van der Waals surface area contributed by atoms with Crippen molar-refractivity contribution >= 4 is 5.84 Å². The van der Waals surface area contributed by atoms with Crippen LogP contribution in [0.3, 0.4) is 0 Å². The Morgan fingerprint density at radius 1 is 1.14 bits per heavy atom. The molecule has 2 heteroatoms. The molecule has 0 amide bonds. The minimum absolute atomic E-state index is 1.01. The second-order valence-electron chi connectivity index (χ2n) is 2.81. The van der Waals surface area contributed by atoms with Crippen LogP contribution in [0.1, 0.15) is 5.56 Å². The monoisotopic (exact) mass is 190 g/mol. The molecule has 0 bridgehead atoms. The van der Waals surface area contributed by atoms with Gasteiger partial charge in [-0.1, -0.05) is 30.3 Å². The maximum Gasteiger partial charge on any atom is 0.130 e. The lowest BCUT2D eigenvalue weighted by molar-refractivity contribution is 0.622. The Morgan fingerprint density at radius 3 is 2.00 bits per heavy atom. The first kappa shape index (κ1) is 12.4. The van der Waals surface area contributed by atoms with E-state index in [9.17, 15) is 0 Å². The van der Waals surface area contributed by atoms with Gasteiger partial charge in [0.25, 0.3) is 0 Å². The molecule has 0 N–H and O–H groups in total. The van der Waals surface area contributed by atoms with E-state index in [0.717, 1.165) is 11.4 Å². The first-order valence-electron chi connectivity index (χ1n) is 4.45. The van der Waals surface area contributed by atoms with Crippen molar-refractivity contribution in [3.8, 4) is 0 Å². The third-order valence-corrected chi connectivity index (χ3v) is 1.67. The molecule has 0 saturated carbocycles. The van der Waals surface area contributed by atoms with Gasteiger partial charge in [0.1, 0.15) is 5.84 Å². The predicted molar refractivity (Wildman–Crippen MR) is 63.8 cm³/mol. The highest BCUT2D eigenvalue weighted by atomic mass is 15.1. The van der Waals surface area contributed by atoms with Crippen LogP contribution in [0.5, 0.6) is 0 Å². The van der Waals surface area contributed by atoms with E-state index in [2.05, 4.69) is 30.3 Å². The van der Waals surface area contributed by atoms with E-state index in [1.165, 1.54) is 0 Å². The van der Waals surface area contributed by atoms with Crippen molar-refractivity contribution < 1.29 is 0 Å². The van der Waals surface area contributed by atoms with Gasteiger partial charge in [-0.05, 0) is 0 Å². The van der Waals surface area contributed by atoms with Crippen molar-refractivity contribution in [1.82, 2.24) is 4.90 Å². The normalized spacial score (nSPS) is 10.1. The minimum atomic E-state index is 1.01. The number of hydrogen-bond acceptors (Lipinski definition) is 1. The summed E-state index contributed by atoms with van der Waals surface area (Å²) >= 11 is 0. The molecule has 14 heavy (non-hydrogen) atoms. The number of benzene rings is 1. The second-order valence-corrected chi connectivity index (χ2v) is 2.81. The molecular weight excluding hydrogens is 172 g/mol. The van der Waals surface area contributed by atoms with E-state index in [-0.39, 0.29) is 0 Å². The third kappa shape index (κ3) is 3.44. The Morgan fingerprint density at radius 2 is 1.64 bits per heavy atom. The molecule has 1 aromatic carbocycles. The van der Waals surface area contributed by atoms with Crippen LogP contribution < -0.4 is 0 Å². The maximum absolute atomic E-state index is 4.20. The Labute approximate surface area is 86.6 Å². The predicted octanol–water partition coefficient (Wildman–Crippen LogP) is 2.43. The van der Waals surface area contributed by atoms with Crippen LogP contribution in [-0.4, -0.2) is 31.9 Å². The summed E-state index contributed by atoms with van der Waals surface area (Å²) in [5.41, 5.74) is 1.16. The fourth-order valence-corrected chi connectivity index (χ4v) is 1.17. The lowest BCUT2D eigenvalue weighted by Crippen LogP contribution is -2.22. The van der Waals surface area contributed by atoms with Crippen molar-refractivity contribution in [2.45, 2.75) is 0 Å². The highest BCUT2D eigenvalue weighted by Gasteiger charge is 2.01. The van der Waals surface area contributed by atoms with Crippen LogP contribution in [0.2, 0.25) is 0 Å². The van der Waals surface area contributed by atoms with Crippen LogP contribution >= 0.6 is 0 Å². The van der Waals surface area contributed by atoms with Gasteiger partial charge in [0.05, 0.1) is 0 Å². The number of aliphatic imine (C=N–C) groups is 1. The molecule has 0 aromatic heterocycles. The van der Waals surface area contributed by atoms with Gasteiger partial charge in [0, 0.05) is 26.7 Å². The number of hydrogen-bond donors (Lipinski definition) is 0. The first-order valence-corrected chi connectivity index (χ1v) is 4.45. The average Bonchev–Trinajstić information content (AvgIpc) is 2.23. The quantitative estimate of drug-likeness (QED) is 0.377. The summed E-state index contributed by atoms with van der Waals surface area (Å²) in [5, 5.41) is 0. The molecule has 0 heterocycles. The summed E-state index contributed by atoms with van der Waals surface area (Å²) in [5.74, 6) is 1.01. The fraction of sp³-hybridized carbons (Fsp3) is 0.250. The largest absolute Gasteiger partial charge is 0.363 e. The van der Waals surface area contributed by atoms with Crippen molar-refractivity contribution in [1.29, 1.82) is 0 Å². The van der Waals surface area contributed by atoms with E-state index in [0.29, 0.717) is 0 Å². The van der Waals surface area contributed by atoms with Crippen molar-refractivity contribution in [2.75, 3.05) is 21.1 Å². The third-order valence-electron chi connectivity index (χ3n) is 1.67. The van der Waals surface area contributed by atoms with Gasteiger partial charge >= 0.3 is 0 Å². The van der Waals surface area contributed by atoms with Gasteiger partial charge in [-0.3, -0.25) is 4.99 Å². The summed E-state index contributed by atoms with van der Waals surface area (Å²) in [6, 6.07) is 10.2. The SMILES string of the molecule is C=C.CN=C(c1ccccc1)N(C)C. The van der Waals surface area contributed by atoms with Gasteiger partial charge in [0.2, 0.25) is 0 Å². The van der Waals surface area contributed by atoms with Crippen LogP contribution in [0, 0.1) is 0 Å². The number of nitrogens with zero attached hydrogens (tertiary/aromatic N) is 2. The molecule has 0 aliphatic rings. The maximum atomic E-state index is 4.20. The van der Waals surface area contributed by atoms with E-state index < -0.39 is 0 Å². The van der Waals surface area contributed by atoms with Crippen LogP contribution in [0.25, 0.3) is 0 Å². The molecule has 0 radical (unpaired) electrons. The average molecular weight is 190 g/mol. The van der Waals surface area contributed by atoms with E-state index in [1.807, 2.05) is 44.2 Å². The molecule has 0 aliphatic heterocycles. The lowest BCUT2D eigenvalue weighted by atomic mass is 10.2. The van der Waals surface area contributed by atoms with Crippen LogP contribution in [-0.2, 0) is 0 Å². The molecule has 76 valence electrons. The Balaban J connectivity index is 0.000000791. The number of rotatable bonds is 1. The Bertz CT molecular complexity index is 276. The van der Waals surface area contributed by atoms with E-state index >= 15 is 0 Å². The van der Waals surface area contributed by atoms with Gasteiger partial charge in [0.15, 0.2) is 0 Å². The summed E-state index contributed by atoms with van der Waals surface area (Å²) in [6.07, 6.45) is 0.